The molecule has 312 valence electrons. The highest BCUT2D eigenvalue weighted by Crippen LogP contribution is 2.58. The predicted molar refractivity (Wildman–Crippen MR) is 227 cm³/mol. The number of benzene rings is 1. The number of dihydropyridines is 1. The number of allylic oxidation sites excluding steroid dienone is 2. The van der Waals surface area contributed by atoms with Crippen LogP contribution in [0.25, 0.3) is 11.0 Å². The lowest BCUT2D eigenvalue weighted by atomic mass is 9.61. The summed E-state index contributed by atoms with van der Waals surface area (Å²) in [5.74, 6) is 1.21. The van der Waals surface area contributed by atoms with Crippen LogP contribution in [0.5, 0.6) is 5.75 Å². The molecule has 4 aliphatic heterocycles. The van der Waals surface area contributed by atoms with E-state index in [4.69, 9.17) is 19.6 Å². The summed E-state index contributed by atoms with van der Waals surface area (Å²) in [5, 5.41) is 27.2. The lowest BCUT2D eigenvalue weighted by Gasteiger charge is -2.57. The molecule has 58 heavy (non-hydrogen) atoms. The molecular weight excluding hydrogens is 777 g/mol. The van der Waals surface area contributed by atoms with Crippen LogP contribution in [0.4, 0.5) is 0 Å². The highest BCUT2D eigenvalue weighted by atomic mass is 33.1. The van der Waals surface area contributed by atoms with E-state index in [2.05, 4.69) is 21.6 Å². The fourth-order valence-corrected chi connectivity index (χ4v) is 13.4. The van der Waals surface area contributed by atoms with Crippen LogP contribution in [0.3, 0.4) is 0 Å². The quantitative estimate of drug-likeness (QED) is 0.0776. The van der Waals surface area contributed by atoms with Gasteiger partial charge in [0.2, 0.25) is 5.91 Å². The summed E-state index contributed by atoms with van der Waals surface area (Å²) in [6.45, 7) is 6.57. The number of ether oxygens (including phenoxy) is 2. The monoisotopic (exact) mass is 832 g/mol. The fourth-order valence-electron chi connectivity index (χ4n) is 10.3. The smallest absolute Gasteiger partial charge is 0.339 e. The molecule has 0 radical (unpaired) electrons. The number of aliphatic hydroxyl groups is 2. The van der Waals surface area contributed by atoms with Gasteiger partial charge in [0.15, 0.2) is 11.2 Å². The molecule has 2 fully saturated rings. The zero-order chi connectivity index (χ0) is 40.9. The molecule has 6 N–H and O–H groups in total. The van der Waals surface area contributed by atoms with Crippen molar-refractivity contribution < 1.29 is 33.7 Å². The summed E-state index contributed by atoms with van der Waals surface area (Å²) >= 11 is 0. The van der Waals surface area contributed by atoms with E-state index in [0.29, 0.717) is 89.9 Å². The predicted octanol–water partition coefficient (Wildman–Crippen LogP) is 4.67. The summed E-state index contributed by atoms with van der Waals surface area (Å²) in [4.78, 5) is 43.6. The van der Waals surface area contributed by atoms with E-state index in [-0.39, 0.29) is 37.5 Å². The highest BCUT2D eigenvalue weighted by Gasteiger charge is 2.64. The summed E-state index contributed by atoms with van der Waals surface area (Å²) in [6, 6.07) is 6.19. The average molecular weight is 833 g/mol. The second-order valence-electron chi connectivity index (χ2n) is 17.1. The van der Waals surface area contributed by atoms with Crippen molar-refractivity contribution >= 4 is 44.4 Å². The normalized spacial score (nSPS) is 31.3. The Morgan fingerprint density at radius 2 is 2.07 bits per heavy atom. The van der Waals surface area contributed by atoms with Crippen molar-refractivity contribution in [1.82, 2.24) is 15.5 Å². The van der Waals surface area contributed by atoms with Crippen LogP contribution in [0.1, 0.15) is 70.4 Å². The number of nitrogens with two attached hydrogens (primary N) is 1. The first-order valence-corrected chi connectivity index (χ1v) is 23.0. The maximum absolute atomic E-state index is 14.4. The molecule has 2 aromatic rings. The molecule has 12 nitrogen and oxygen atoms in total. The minimum atomic E-state index is -1.17. The van der Waals surface area contributed by atoms with Gasteiger partial charge in [0.05, 0.1) is 24.2 Å². The van der Waals surface area contributed by atoms with Crippen LogP contribution in [-0.4, -0.2) is 94.6 Å². The summed E-state index contributed by atoms with van der Waals surface area (Å²) in [7, 11) is 5.74. The Morgan fingerprint density at radius 3 is 2.83 bits per heavy atom. The van der Waals surface area contributed by atoms with E-state index in [1.54, 1.807) is 19.1 Å². The molecule has 2 aliphatic carbocycles. The number of fused-ring (bicyclic) bond motifs is 5. The Kier molecular flexibility index (Phi) is 11.6. The molecule has 0 bridgehead atoms. The lowest BCUT2D eigenvalue weighted by molar-refractivity contribution is -0.186. The summed E-state index contributed by atoms with van der Waals surface area (Å²) in [6.07, 6.45) is 10.5. The molecule has 8 atom stereocenters. The van der Waals surface area contributed by atoms with Gasteiger partial charge in [0.1, 0.15) is 11.3 Å². The second kappa shape index (κ2) is 16.4. The van der Waals surface area contributed by atoms with Crippen LogP contribution >= 0.6 is 21.6 Å². The van der Waals surface area contributed by atoms with Crippen molar-refractivity contribution in [2.45, 2.75) is 101 Å². The number of carbonyl (C=O) groups is 2. The molecule has 1 amide bonds. The van der Waals surface area contributed by atoms with Gasteiger partial charge in [-0.3, -0.25) is 4.79 Å². The van der Waals surface area contributed by atoms with E-state index in [1.165, 1.54) is 0 Å². The van der Waals surface area contributed by atoms with Gasteiger partial charge in [-0.2, -0.15) is 0 Å². The largest absolute Gasteiger partial charge is 0.481 e. The van der Waals surface area contributed by atoms with Gasteiger partial charge >= 0.3 is 11.6 Å². The van der Waals surface area contributed by atoms with Crippen molar-refractivity contribution in [2.24, 2.45) is 23.5 Å². The molecule has 1 aromatic carbocycles. The minimum absolute atomic E-state index is 0.0134. The Hall–Kier alpha value is -3.69. The highest BCUT2D eigenvalue weighted by molar-refractivity contribution is 8.77. The van der Waals surface area contributed by atoms with Crippen LogP contribution in [0, 0.1) is 17.8 Å². The minimum Gasteiger partial charge on any atom is -0.481 e. The zero-order valence-corrected chi connectivity index (χ0v) is 35.4. The number of esters is 1. The van der Waals surface area contributed by atoms with E-state index in [9.17, 15) is 24.6 Å². The van der Waals surface area contributed by atoms with E-state index in [0.717, 1.165) is 47.1 Å². The van der Waals surface area contributed by atoms with Crippen LogP contribution in [0.2, 0.25) is 0 Å². The third-order valence-corrected chi connectivity index (χ3v) is 16.6. The summed E-state index contributed by atoms with van der Waals surface area (Å²) in [5.41, 5.74) is 8.94. The van der Waals surface area contributed by atoms with E-state index >= 15 is 0 Å². The molecule has 1 saturated heterocycles. The average Bonchev–Trinajstić information content (AvgIpc) is 3.56. The van der Waals surface area contributed by atoms with Crippen molar-refractivity contribution in [3.05, 3.63) is 86.1 Å². The molecule has 8 rings (SSSR count). The molecule has 1 aromatic heterocycles. The number of carbonyl (C=O) groups excluding carboxylic acids is 2. The molecule has 14 heteroatoms. The number of nitrogens with one attached hydrogen (secondary N) is 2. The first-order valence-electron chi connectivity index (χ1n) is 20.7. The molecular formula is C44H56N4O8S2. The lowest BCUT2D eigenvalue weighted by Crippen LogP contribution is -2.69. The van der Waals surface area contributed by atoms with Gasteiger partial charge < -0.3 is 45.4 Å². The fraction of sp³-hybridized carbons (Fsp3) is 0.568. The molecule has 1 saturated carbocycles. The van der Waals surface area contributed by atoms with Crippen LogP contribution in [-0.2, 0) is 27.2 Å². The molecule has 6 aliphatic rings. The van der Waals surface area contributed by atoms with Crippen LogP contribution < -0.4 is 26.7 Å². The number of aliphatic hydroxyl groups excluding tert-OH is 2. The number of hydrogen-bond acceptors (Lipinski definition) is 13. The number of amides is 1. The molecule has 5 heterocycles. The summed E-state index contributed by atoms with van der Waals surface area (Å²) < 4.78 is 19.8. The third kappa shape index (κ3) is 7.20. The van der Waals surface area contributed by atoms with Gasteiger partial charge in [0.25, 0.3) is 0 Å². The molecule has 1 spiro atoms. The Morgan fingerprint density at radius 1 is 1.24 bits per heavy atom. The first kappa shape index (κ1) is 41.1. The Labute approximate surface area is 347 Å². The van der Waals surface area contributed by atoms with Crippen molar-refractivity contribution in [1.29, 1.82) is 0 Å². The van der Waals surface area contributed by atoms with Gasteiger partial charge in [-0.25, -0.2) is 9.59 Å². The van der Waals surface area contributed by atoms with E-state index < -0.39 is 28.7 Å². The standard InChI is InChI=1S/C44H56N4O8S2/c1-5-24(2)41(52)56-43(3)11-10-26-23-57-58-36-9-8-33(46-4)32-21-48(40(32)36)38(51)16-30-20-47-37(45)17-31(30)39(26)44(43)19-29-15-27-14-28(13-25(22-50)7-6-12-49)42(53)54-34(27)18-35(29)55-44/h5,10,14-15,17-18,25,32-33,36,39-40,46-47,49-50H,6-9,11-13,16,19-23,45H2,1-4H3/b24-5+/t25-,32-,33+,36-,39+,40+,43-,44-/m1/s1. The van der Waals surface area contributed by atoms with Crippen molar-refractivity contribution in [3.8, 4) is 5.75 Å². The first-order chi connectivity index (χ1) is 27.9. The second-order valence-corrected chi connectivity index (χ2v) is 19.7. The topological polar surface area (TPSA) is 177 Å². The van der Waals surface area contributed by atoms with Gasteiger partial charge in [0, 0.05) is 84.7 Å². The number of nitrogens with zero attached hydrogens (tertiary/aromatic N) is 1. The zero-order valence-electron chi connectivity index (χ0n) is 33.8. The van der Waals surface area contributed by atoms with Gasteiger partial charge in [-0.15, -0.1) is 0 Å². The van der Waals surface area contributed by atoms with Crippen molar-refractivity contribution in [2.75, 3.05) is 39.1 Å². The van der Waals surface area contributed by atoms with Crippen LogP contribution in [0.15, 0.2) is 73.8 Å². The SMILES string of the molecule is C/C=C(\C)C(=O)O[C@]1(C)CC=C2CSS[C@@H]3CC[C@H](NC)[C@H]4CN(C(=O)CC5=C(C=C(N)NC5)[C@H]2[C@]12Cc1cc5cc(C[C@H](CO)CCCO)c(=O)oc5cc1O2)[C@@H]43. The van der Waals surface area contributed by atoms with Crippen molar-refractivity contribution in [3.63, 3.8) is 0 Å². The van der Waals surface area contributed by atoms with E-state index in [1.807, 2.05) is 60.7 Å². The Balaban J connectivity index is 1.25. The maximum Gasteiger partial charge on any atom is 0.339 e. The third-order valence-electron chi connectivity index (χ3n) is 13.7. The van der Waals surface area contributed by atoms with Gasteiger partial charge in [-0.05, 0) is 101 Å². The van der Waals surface area contributed by atoms with Gasteiger partial charge in [-0.1, -0.05) is 39.3 Å². The molecule has 0 unspecified atom stereocenters. The number of hydrogen-bond donors (Lipinski definition) is 5. The Bertz CT molecular complexity index is 2170. The number of rotatable bonds is 9. The maximum atomic E-state index is 14.4.